The van der Waals surface area contributed by atoms with Crippen molar-refractivity contribution < 1.29 is 0 Å². The van der Waals surface area contributed by atoms with Crippen LogP contribution in [0.5, 0.6) is 0 Å². The summed E-state index contributed by atoms with van der Waals surface area (Å²) in [4.78, 5) is 3.00. The summed E-state index contributed by atoms with van der Waals surface area (Å²) in [5.74, 6) is 0.828. The van der Waals surface area contributed by atoms with Crippen molar-refractivity contribution in [1.82, 2.24) is 10.3 Å². The quantitative estimate of drug-likeness (QED) is 0.564. The van der Waals surface area contributed by atoms with E-state index in [0.717, 1.165) is 5.75 Å². The van der Waals surface area contributed by atoms with Gasteiger partial charge in [0, 0.05) is 24.2 Å². The van der Waals surface area contributed by atoms with Crippen LogP contribution in [-0.4, -0.2) is 17.8 Å². The zero-order valence-electron chi connectivity index (χ0n) is 5.96. The van der Waals surface area contributed by atoms with Crippen molar-refractivity contribution in [2.24, 2.45) is 0 Å². The van der Waals surface area contributed by atoms with Gasteiger partial charge in [0.1, 0.15) is 0 Å². The fourth-order valence-electron chi connectivity index (χ4n) is 0.917. The zero-order valence-corrected chi connectivity index (χ0v) is 6.86. The fraction of sp³-hybridized carbons (Fsp3) is 0.429. The first-order valence-electron chi connectivity index (χ1n) is 3.29. The fourth-order valence-corrected chi connectivity index (χ4v) is 1.31. The molecule has 0 amide bonds. The predicted molar refractivity (Wildman–Crippen MR) is 46.4 cm³/mol. The molecule has 10 heavy (non-hydrogen) atoms. The van der Waals surface area contributed by atoms with Crippen LogP contribution in [-0.2, 0) is 0 Å². The molecule has 1 aromatic heterocycles. The molecule has 0 saturated heterocycles. The van der Waals surface area contributed by atoms with E-state index in [9.17, 15) is 0 Å². The Morgan fingerprint density at radius 1 is 1.80 bits per heavy atom. The van der Waals surface area contributed by atoms with Gasteiger partial charge < -0.3 is 10.3 Å². The van der Waals surface area contributed by atoms with Gasteiger partial charge in [0.25, 0.3) is 0 Å². The second-order valence-electron chi connectivity index (χ2n) is 2.17. The van der Waals surface area contributed by atoms with Crippen molar-refractivity contribution >= 4 is 12.6 Å². The van der Waals surface area contributed by atoms with E-state index < -0.39 is 0 Å². The molecule has 1 unspecified atom stereocenters. The van der Waals surface area contributed by atoms with Gasteiger partial charge in [0.05, 0.1) is 0 Å². The Morgan fingerprint density at radius 2 is 2.60 bits per heavy atom. The highest BCUT2D eigenvalue weighted by molar-refractivity contribution is 7.80. The molecule has 0 aromatic carbocycles. The Morgan fingerprint density at radius 3 is 3.00 bits per heavy atom. The molecule has 1 heterocycles. The van der Waals surface area contributed by atoms with E-state index in [4.69, 9.17) is 0 Å². The van der Waals surface area contributed by atoms with Gasteiger partial charge in [-0.3, -0.25) is 0 Å². The van der Waals surface area contributed by atoms with E-state index in [-0.39, 0.29) is 0 Å². The summed E-state index contributed by atoms with van der Waals surface area (Å²) in [6, 6.07) is 2.42. The van der Waals surface area contributed by atoms with Crippen molar-refractivity contribution in [3.8, 4) is 0 Å². The van der Waals surface area contributed by atoms with E-state index in [1.165, 1.54) is 5.56 Å². The lowest BCUT2D eigenvalue weighted by Gasteiger charge is -2.09. The third-order valence-electron chi connectivity index (χ3n) is 1.56. The topological polar surface area (TPSA) is 27.8 Å². The number of H-pyrrole nitrogens is 1. The molecule has 2 nitrogen and oxygen atoms in total. The number of thiol groups is 1. The number of nitrogens with one attached hydrogen (secondary N) is 2. The minimum Gasteiger partial charge on any atom is -0.367 e. The van der Waals surface area contributed by atoms with Crippen LogP contribution in [0.4, 0.5) is 0 Å². The van der Waals surface area contributed by atoms with Crippen LogP contribution in [0, 0.1) is 0 Å². The molecule has 1 aromatic rings. The summed E-state index contributed by atoms with van der Waals surface area (Å²) < 4.78 is 0. The Kier molecular flexibility index (Phi) is 2.83. The maximum atomic E-state index is 4.21. The summed E-state index contributed by atoms with van der Waals surface area (Å²) in [6.45, 7) is 0. The summed E-state index contributed by atoms with van der Waals surface area (Å²) in [6.07, 6.45) is 3.90. The molecule has 2 N–H and O–H groups in total. The lowest BCUT2D eigenvalue weighted by Crippen LogP contribution is -2.16. The summed E-state index contributed by atoms with van der Waals surface area (Å²) in [7, 11) is 1.94. The van der Waals surface area contributed by atoms with Crippen LogP contribution in [0.2, 0.25) is 0 Å². The Labute approximate surface area is 66.4 Å². The average Bonchev–Trinajstić information content (AvgIpc) is 2.43. The van der Waals surface area contributed by atoms with Crippen molar-refractivity contribution in [2.75, 3.05) is 12.8 Å². The van der Waals surface area contributed by atoms with Gasteiger partial charge in [-0.05, 0) is 18.7 Å². The molecule has 0 aliphatic heterocycles. The highest BCUT2D eigenvalue weighted by Gasteiger charge is 2.04. The third-order valence-corrected chi connectivity index (χ3v) is 1.92. The van der Waals surface area contributed by atoms with Crippen LogP contribution < -0.4 is 5.32 Å². The lowest BCUT2D eigenvalue weighted by molar-refractivity contribution is 0.664. The van der Waals surface area contributed by atoms with Gasteiger partial charge in [0.15, 0.2) is 0 Å². The molecule has 0 saturated carbocycles. The highest BCUT2D eigenvalue weighted by atomic mass is 32.1. The smallest absolute Gasteiger partial charge is 0.0421 e. The Bertz CT molecular complexity index is 168. The average molecular weight is 156 g/mol. The predicted octanol–water partition coefficient (Wildman–Crippen LogP) is 1.20. The molecular formula is C7H12N2S. The molecule has 3 heteroatoms. The number of rotatable bonds is 3. The maximum Gasteiger partial charge on any atom is 0.0421 e. The van der Waals surface area contributed by atoms with Crippen LogP contribution in [0.25, 0.3) is 0 Å². The number of aromatic amines is 1. The van der Waals surface area contributed by atoms with Crippen LogP contribution in [0.15, 0.2) is 18.5 Å². The summed E-state index contributed by atoms with van der Waals surface area (Å²) in [5, 5.41) is 3.16. The highest BCUT2D eigenvalue weighted by Crippen LogP contribution is 2.11. The van der Waals surface area contributed by atoms with E-state index >= 15 is 0 Å². The molecule has 0 aliphatic carbocycles. The van der Waals surface area contributed by atoms with Crippen molar-refractivity contribution in [1.29, 1.82) is 0 Å². The van der Waals surface area contributed by atoms with Gasteiger partial charge in [0.2, 0.25) is 0 Å². The van der Waals surface area contributed by atoms with E-state index in [0.29, 0.717) is 6.04 Å². The minimum atomic E-state index is 0.370. The molecule has 1 atom stereocenters. The third kappa shape index (κ3) is 1.55. The van der Waals surface area contributed by atoms with E-state index in [1.807, 2.05) is 19.4 Å². The largest absolute Gasteiger partial charge is 0.367 e. The van der Waals surface area contributed by atoms with E-state index in [1.54, 1.807) is 0 Å². The molecule has 0 aliphatic rings. The molecule has 0 spiro atoms. The molecule has 0 radical (unpaired) electrons. The van der Waals surface area contributed by atoms with Crippen molar-refractivity contribution in [3.05, 3.63) is 24.0 Å². The molecular weight excluding hydrogens is 144 g/mol. The minimum absolute atomic E-state index is 0.370. The van der Waals surface area contributed by atoms with Gasteiger partial charge in [-0.1, -0.05) is 0 Å². The molecule has 1 rings (SSSR count). The Balaban J connectivity index is 2.64. The van der Waals surface area contributed by atoms with E-state index in [2.05, 4.69) is 29.0 Å². The van der Waals surface area contributed by atoms with Gasteiger partial charge >= 0.3 is 0 Å². The molecule has 0 bridgehead atoms. The van der Waals surface area contributed by atoms with Crippen molar-refractivity contribution in [2.45, 2.75) is 6.04 Å². The SMILES string of the molecule is CNC(CS)c1cc[nH]c1. The van der Waals surface area contributed by atoms with Crippen LogP contribution in [0.3, 0.4) is 0 Å². The van der Waals surface area contributed by atoms with Crippen LogP contribution >= 0.6 is 12.6 Å². The number of hydrogen-bond donors (Lipinski definition) is 3. The number of aromatic nitrogens is 1. The van der Waals surface area contributed by atoms with Gasteiger partial charge in [-0.2, -0.15) is 12.6 Å². The van der Waals surface area contributed by atoms with Gasteiger partial charge in [-0.25, -0.2) is 0 Å². The first-order chi connectivity index (χ1) is 4.88. The lowest BCUT2D eigenvalue weighted by atomic mass is 10.2. The second kappa shape index (κ2) is 3.68. The first kappa shape index (κ1) is 7.69. The first-order valence-corrected chi connectivity index (χ1v) is 3.92. The second-order valence-corrected chi connectivity index (χ2v) is 2.53. The maximum absolute atomic E-state index is 4.21. The van der Waals surface area contributed by atoms with Gasteiger partial charge in [-0.15, -0.1) is 0 Å². The molecule has 56 valence electrons. The number of hydrogen-bond acceptors (Lipinski definition) is 2. The zero-order chi connectivity index (χ0) is 7.40. The summed E-state index contributed by atoms with van der Waals surface area (Å²) in [5.41, 5.74) is 1.26. The van der Waals surface area contributed by atoms with Crippen LogP contribution in [0.1, 0.15) is 11.6 Å². The normalized spacial score (nSPS) is 13.4. The summed E-state index contributed by atoms with van der Waals surface area (Å²) >= 11 is 4.21. The monoisotopic (exact) mass is 156 g/mol. The molecule has 0 fully saturated rings. The standard InChI is InChI=1S/C7H12N2S/c1-8-7(5-10)6-2-3-9-4-6/h2-4,7-10H,5H2,1H3. The van der Waals surface area contributed by atoms with Crippen molar-refractivity contribution in [3.63, 3.8) is 0 Å². The Hall–Kier alpha value is -0.410.